The molecular weight excluding hydrogens is 154 g/mol. The first kappa shape index (κ1) is 9.52. The number of nitrogens with zero attached hydrogens (tertiary/aromatic N) is 1. The van der Waals surface area contributed by atoms with E-state index in [0.717, 1.165) is 19.4 Å². The summed E-state index contributed by atoms with van der Waals surface area (Å²) < 4.78 is 0. The number of aliphatic carboxylic acids is 1. The van der Waals surface area contributed by atoms with Crippen LogP contribution in [0, 0.1) is 0 Å². The summed E-state index contributed by atoms with van der Waals surface area (Å²) in [5.74, 6) is -0.678. The number of likely N-dealkylation sites (tertiary alicyclic amines) is 1. The molecule has 1 aliphatic heterocycles. The second-order valence-corrected chi connectivity index (χ2v) is 4.36. The number of hydrogen-bond donors (Lipinski definition) is 1. The largest absolute Gasteiger partial charge is 0.480 e. The fraction of sp³-hybridized carbons (Fsp3) is 0.889. The van der Waals surface area contributed by atoms with Gasteiger partial charge in [-0.05, 0) is 40.2 Å². The standard InChI is InChI=1S/C9H17NO2/c1-9(2,3)10-6-4-5-7(10)8(11)12/h7H,4-6H2,1-3H3,(H,11,12)/t7-/m1/s1. The Morgan fingerprint density at radius 1 is 1.50 bits per heavy atom. The molecular formula is C9H17NO2. The topological polar surface area (TPSA) is 40.5 Å². The van der Waals surface area contributed by atoms with Crippen molar-refractivity contribution in [3.8, 4) is 0 Å². The molecule has 1 rings (SSSR count). The summed E-state index contributed by atoms with van der Waals surface area (Å²) in [5.41, 5.74) is -0.0143. The molecule has 0 aliphatic carbocycles. The second-order valence-electron chi connectivity index (χ2n) is 4.36. The Hall–Kier alpha value is -0.570. The van der Waals surface area contributed by atoms with Gasteiger partial charge >= 0.3 is 5.97 Å². The highest BCUT2D eigenvalue weighted by Crippen LogP contribution is 2.26. The Morgan fingerprint density at radius 3 is 2.42 bits per heavy atom. The summed E-state index contributed by atoms with van der Waals surface area (Å²) in [6, 6.07) is -0.259. The van der Waals surface area contributed by atoms with E-state index in [1.54, 1.807) is 0 Å². The molecule has 70 valence electrons. The molecule has 12 heavy (non-hydrogen) atoms. The number of hydrogen-bond acceptors (Lipinski definition) is 2. The summed E-state index contributed by atoms with van der Waals surface area (Å²) in [4.78, 5) is 12.9. The predicted molar refractivity (Wildman–Crippen MR) is 47.1 cm³/mol. The second kappa shape index (κ2) is 3.05. The van der Waals surface area contributed by atoms with Gasteiger partial charge in [0.2, 0.25) is 0 Å². The van der Waals surface area contributed by atoms with Crippen molar-refractivity contribution in [2.24, 2.45) is 0 Å². The van der Waals surface area contributed by atoms with Crippen molar-refractivity contribution >= 4 is 5.97 Å². The fourth-order valence-electron chi connectivity index (χ4n) is 1.83. The molecule has 3 heteroatoms. The van der Waals surface area contributed by atoms with Crippen molar-refractivity contribution in [1.29, 1.82) is 0 Å². The van der Waals surface area contributed by atoms with Crippen LogP contribution in [0.5, 0.6) is 0 Å². The number of carboxylic acids is 1. The Bertz CT molecular complexity index is 183. The molecule has 0 spiro atoms. The SMILES string of the molecule is CC(C)(C)N1CCC[C@@H]1C(=O)O. The molecule has 3 nitrogen and oxygen atoms in total. The van der Waals surface area contributed by atoms with E-state index in [2.05, 4.69) is 25.7 Å². The molecule has 0 aromatic rings. The third-order valence-corrected chi connectivity index (χ3v) is 2.40. The van der Waals surface area contributed by atoms with Gasteiger partial charge in [-0.25, -0.2) is 0 Å². The highest BCUT2D eigenvalue weighted by molar-refractivity contribution is 5.73. The van der Waals surface area contributed by atoms with Crippen LogP contribution in [-0.4, -0.2) is 34.1 Å². The lowest BCUT2D eigenvalue weighted by atomic mass is 10.0. The Balaban J connectivity index is 2.71. The van der Waals surface area contributed by atoms with Gasteiger partial charge < -0.3 is 5.11 Å². The molecule has 1 aliphatic rings. The highest BCUT2D eigenvalue weighted by atomic mass is 16.4. The van der Waals surface area contributed by atoms with Crippen LogP contribution in [0.1, 0.15) is 33.6 Å². The quantitative estimate of drug-likeness (QED) is 0.647. The van der Waals surface area contributed by atoms with E-state index in [0.29, 0.717) is 0 Å². The third-order valence-electron chi connectivity index (χ3n) is 2.40. The van der Waals surface area contributed by atoms with Crippen molar-refractivity contribution in [2.75, 3.05) is 6.54 Å². The van der Waals surface area contributed by atoms with Gasteiger partial charge in [-0.2, -0.15) is 0 Å². The molecule has 0 bridgehead atoms. The van der Waals surface area contributed by atoms with Gasteiger partial charge in [0.05, 0.1) is 0 Å². The zero-order chi connectivity index (χ0) is 9.35. The average Bonchev–Trinajstić information content (AvgIpc) is 2.30. The monoisotopic (exact) mass is 171 g/mol. The Morgan fingerprint density at radius 2 is 2.08 bits per heavy atom. The van der Waals surface area contributed by atoms with Gasteiger partial charge in [0.15, 0.2) is 0 Å². The van der Waals surface area contributed by atoms with Crippen LogP contribution >= 0.6 is 0 Å². The van der Waals surface area contributed by atoms with E-state index >= 15 is 0 Å². The van der Waals surface area contributed by atoms with Crippen LogP contribution in [0.15, 0.2) is 0 Å². The minimum Gasteiger partial charge on any atom is -0.480 e. The molecule has 1 atom stereocenters. The maximum Gasteiger partial charge on any atom is 0.320 e. The molecule has 1 saturated heterocycles. The minimum atomic E-state index is -0.678. The molecule has 0 unspecified atom stereocenters. The lowest BCUT2D eigenvalue weighted by molar-refractivity contribution is -0.143. The molecule has 1 fully saturated rings. The van der Waals surface area contributed by atoms with E-state index in [-0.39, 0.29) is 11.6 Å². The summed E-state index contributed by atoms with van der Waals surface area (Å²) in [6.07, 6.45) is 1.81. The molecule has 0 aromatic heterocycles. The van der Waals surface area contributed by atoms with Crippen LogP contribution in [0.2, 0.25) is 0 Å². The predicted octanol–water partition coefficient (Wildman–Crippen LogP) is 1.33. The normalized spacial score (nSPS) is 26.1. The van der Waals surface area contributed by atoms with Gasteiger partial charge in [0, 0.05) is 5.54 Å². The van der Waals surface area contributed by atoms with Crippen LogP contribution < -0.4 is 0 Å². The van der Waals surface area contributed by atoms with Crippen LogP contribution in [0.3, 0.4) is 0 Å². The molecule has 0 aromatic carbocycles. The maximum atomic E-state index is 10.8. The van der Waals surface area contributed by atoms with Crippen molar-refractivity contribution in [3.05, 3.63) is 0 Å². The van der Waals surface area contributed by atoms with E-state index in [1.165, 1.54) is 0 Å². The number of carboxylic acid groups (broad SMARTS) is 1. The van der Waals surface area contributed by atoms with Crippen molar-refractivity contribution in [1.82, 2.24) is 4.90 Å². The molecule has 1 N–H and O–H groups in total. The zero-order valence-electron chi connectivity index (χ0n) is 8.00. The van der Waals surface area contributed by atoms with Crippen LogP contribution in [-0.2, 0) is 4.79 Å². The molecule has 0 radical (unpaired) electrons. The first-order valence-electron chi connectivity index (χ1n) is 4.42. The lowest BCUT2D eigenvalue weighted by Crippen LogP contribution is -2.47. The Kier molecular flexibility index (Phi) is 2.42. The van der Waals surface area contributed by atoms with Gasteiger partial charge in [0.25, 0.3) is 0 Å². The average molecular weight is 171 g/mol. The van der Waals surface area contributed by atoms with Gasteiger partial charge in [-0.15, -0.1) is 0 Å². The molecule has 1 heterocycles. The van der Waals surface area contributed by atoms with E-state index in [1.807, 2.05) is 0 Å². The first-order valence-corrected chi connectivity index (χ1v) is 4.42. The van der Waals surface area contributed by atoms with E-state index in [4.69, 9.17) is 5.11 Å². The summed E-state index contributed by atoms with van der Waals surface area (Å²) in [5, 5.41) is 8.91. The number of carbonyl (C=O) groups is 1. The first-order chi connectivity index (χ1) is 5.43. The lowest BCUT2D eigenvalue weighted by Gasteiger charge is -2.34. The van der Waals surface area contributed by atoms with Gasteiger partial charge in [-0.1, -0.05) is 0 Å². The minimum absolute atomic E-state index is 0.0143. The summed E-state index contributed by atoms with van der Waals surface area (Å²) in [6.45, 7) is 7.11. The summed E-state index contributed by atoms with van der Waals surface area (Å²) >= 11 is 0. The van der Waals surface area contributed by atoms with Crippen molar-refractivity contribution in [2.45, 2.75) is 45.2 Å². The zero-order valence-corrected chi connectivity index (χ0v) is 8.00. The molecule has 0 saturated carbocycles. The van der Waals surface area contributed by atoms with E-state index < -0.39 is 5.97 Å². The molecule has 0 amide bonds. The van der Waals surface area contributed by atoms with Crippen molar-refractivity contribution in [3.63, 3.8) is 0 Å². The summed E-state index contributed by atoms with van der Waals surface area (Å²) in [7, 11) is 0. The smallest absolute Gasteiger partial charge is 0.320 e. The third kappa shape index (κ3) is 1.78. The van der Waals surface area contributed by atoms with E-state index in [9.17, 15) is 4.79 Å². The number of rotatable bonds is 1. The Labute approximate surface area is 73.4 Å². The van der Waals surface area contributed by atoms with Crippen LogP contribution in [0.25, 0.3) is 0 Å². The highest BCUT2D eigenvalue weighted by Gasteiger charge is 2.36. The fourth-order valence-corrected chi connectivity index (χ4v) is 1.83. The van der Waals surface area contributed by atoms with Crippen molar-refractivity contribution < 1.29 is 9.90 Å². The maximum absolute atomic E-state index is 10.8. The van der Waals surface area contributed by atoms with Gasteiger partial charge in [-0.3, -0.25) is 9.69 Å². The van der Waals surface area contributed by atoms with Gasteiger partial charge in [0.1, 0.15) is 6.04 Å². The van der Waals surface area contributed by atoms with Crippen LogP contribution in [0.4, 0.5) is 0 Å².